The number of esters is 1. The Morgan fingerprint density at radius 2 is 1.77 bits per heavy atom. The summed E-state index contributed by atoms with van der Waals surface area (Å²) < 4.78 is 5.75. The molecular weight excluding hydrogens is 378 g/mol. The number of hydrogen-bond donors (Lipinski definition) is 1. The van der Waals surface area contributed by atoms with Gasteiger partial charge in [0.1, 0.15) is 6.10 Å². The summed E-state index contributed by atoms with van der Waals surface area (Å²) in [7, 11) is 2.33. The molecule has 0 spiro atoms. The van der Waals surface area contributed by atoms with E-state index >= 15 is 0 Å². The molecule has 1 unspecified atom stereocenters. The second-order valence-electron chi connectivity index (χ2n) is 11.4. The quantitative estimate of drug-likeness (QED) is 0.652. The van der Waals surface area contributed by atoms with E-state index in [2.05, 4.69) is 25.8 Å². The van der Waals surface area contributed by atoms with Crippen LogP contribution in [0.1, 0.15) is 85.0 Å². The van der Waals surface area contributed by atoms with Crippen LogP contribution in [0, 0.1) is 34.5 Å². The van der Waals surface area contributed by atoms with Crippen LogP contribution in [0.3, 0.4) is 0 Å². The molecule has 30 heavy (non-hydrogen) atoms. The van der Waals surface area contributed by atoms with Crippen molar-refractivity contribution in [2.24, 2.45) is 34.5 Å². The number of aliphatic carboxylic acids is 1. The first-order valence-electron chi connectivity index (χ1n) is 12.3. The van der Waals surface area contributed by atoms with Gasteiger partial charge in [-0.05, 0) is 100 Å². The van der Waals surface area contributed by atoms with Gasteiger partial charge < -0.3 is 14.7 Å². The molecule has 4 aliphatic rings. The van der Waals surface area contributed by atoms with E-state index in [4.69, 9.17) is 9.84 Å². The Morgan fingerprint density at radius 1 is 1.03 bits per heavy atom. The molecule has 1 heterocycles. The summed E-state index contributed by atoms with van der Waals surface area (Å²) in [6.45, 7) is 8.35. The fourth-order valence-electron chi connectivity index (χ4n) is 8.75. The second kappa shape index (κ2) is 8.11. The molecule has 1 aliphatic heterocycles. The summed E-state index contributed by atoms with van der Waals surface area (Å²) >= 11 is 0. The highest BCUT2D eigenvalue weighted by atomic mass is 16.5. The number of hydrogen-bond acceptors (Lipinski definition) is 4. The summed E-state index contributed by atoms with van der Waals surface area (Å²) in [4.78, 5) is 25.5. The van der Waals surface area contributed by atoms with Crippen molar-refractivity contribution in [3.05, 3.63) is 0 Å². The smallest absolute Gasteiger partial charge is 0.306 e. The van der Waals surface area contributed by atoms with Crippen LogP contribution in [-0.4, -0.2) is 47.7 Å². The van der Waals surface area contributed by atoms with Gasteiger partial charge in [0.2, 0.25) is 0 Å². The number of carboxylic acids is 1. The predicted octanol–water partition coefficient (Wildman–Crippen LogP) is 4.74. The van der Waals surface area contributed by atoms with Gasteiger partial charge in [-0.15, -0.1) is 0 Å². The molecule has 0 amide bonds. The maximum absolute atomic E-state index is 12.1. The minimum absolute atomic E-state index is 0.0233. The average molecular weight is 420 g/mol. The van der Waals surface area contributed by atoms with Gasteiger partial charge in [0.15, 0.2) is 0 Å². The molecule has 1 saturated heterocycles. The monoisotopic (exact) mass is 419 g/mol. The third-order valence-electron chi connectivity index (χ3n) is 10.1. The molecule has 0 aromatic heterocycles. The van der Waals surface area contributed by atoms with Crippen molar-refractivity contribution in [3.8, 4) is 0 Å². The number of carbonyl (C=O) groups excluding carboxylic acids is 1. The molecule has 0 bridgehead atoms. The van der Waals surface area contributed by atoms with E-state index in [-0.39, 0.29) is 30.3 Å². The van der Waals surface area contributed by atoms with Crippen LogP contribution in [0.2, 0.25) is 0 Å². The number of carboxylic acid groups (broad SMARTS) is 1. The summed E-state index contributed by atoms with van der Waals surface area (Å²) in [5, 5.41) is 8.82. The molecule has 8 atom stereocenters. The van der Waals surface area contributed by atoms with Crippen LogP contribution in [0.5, 0.6) is 0 Å². The first-order valence-corrected chi connectivity index (χ1v) is 12.3. The summed E-state index contributed by atoms with van der Waals surface area (Å²) in [5.74, 6) is 1.50. The second-order valence-corrected chi connectivity index (χ2v) is 11.4. The van der Waals surface area contributed by atoms with Crippen molar-refractivity contribution in [2.75, 3.05) is 13.6 Å². The fourth-order valence-corrected chi connectivity index (χ4v) is 8.75. The highest BCUT2D eigenvalue weighted by Crippen LogP contribution is 2.66. The highest BCUT2D eigenvalue weighted by molar-refractivity contribution is 5.76. The number of rotatable bonds is 5. The number of likely N-dealkylation sites (tertiary alicyclic amines) is 1. The van der Waals surface area contributed by atoms with Crippen LogP contribution in [0.15, 0.2) is 0 Å². The van der Waals surface area contributed by atoms with E-state index in [1.54, 1.807) is 0 Å². The third kappa shape index (κ3) is 3.59. The van der Waals surface area contributed by atoms with Crippen molar-refractivity contribution in [1.82, 2.24) is 4.90 Å². The first kappa shape index (κ1) is 22.1. The van der Waals surface area contributed by atoms with E-state index in [1.165, 1.54) is 51.5 Å². The molecule has 0 radical (unpaired) electrons. The SMILES string of the molecule is CC(OC(=O)CCC(=O)O)[C@H]1CC[C@H]2[C@@H]3CC[C@H]4N(C)CCC[C@]4(C)[C@H]3CC[C@]12C. The molecule has 5 nitrogen and oxygen atoms in total. The van der Waals surface area contributed by atoms with Crippen LogP contribution in [0.25, 0.3) is 0 Å². The Kier molecular flexibility index (Phi) is 5.97. The van der Waals surface area contributed by atoms with Crippen LogP contribution < -0.4 is 0 Å². The zero-order chi connectivity index (χ0) is 21.7. The Labute approximate surface area is 181 Å². The standard InChI is InChI=1S/C25H41NO4/c1-16(30-23(29)11-10-22(27)28)18-7-8-19-17-6-9-21-25(3,13-5-15-26(21)4)20(17)12-14-24(18,19)2/h16-21H,5-15H2,1-4H3,(H,27,28)/t16?,17-,18+,19-,20-,21+,24+,25+/m0/s1. The molecule has 170 valence electrons. The molecule has 0 aromatic carbocycles. The van der Waals surface area contributed by atoms with E-state index < -0.39 is 5.97 Å². The van der Waals surface area contributed by atoms with Gasteiger partial charge in [0, 0.05) is 12.0 Å². The molecule has 4 rings (SSSR count). The van der Waals surface area contributed by atoms with Crippen molar-refractivity contribution in [3.63, 3.8) is 0 Å². The van der Waals surface area contributed by atoms with Crippen molar-refractivity contribution >= 4 is 11.9 Å². The number of carbonyl (C=O) groups is 2. The van der Waals surface area contributed by atoms with Gasteiger partial charge in [-0.1, -0.05) is 13.8 Å². The molecular formula is C25H41NO4. The maximum atomic E-state index is 12.1. The van der Waals surface area contributed by atoms with Gasteiger partial charge in [0.05, 0.1) is 12.8 Å². The topological polar surface area (TPSA) is 66.8 Å². The Balaban J connectivity index is 1.46. The van der Waals surface area contributed by atoms with Gasteiger partial charge >= 0.3 is 11.9 Å². The number of piperidine rings is 1. The van der Waals surface area contributed by atoms with Crippen molar-refractivity contribution in [1.29, 1.82) is 0 Å². The number of ether oxygens (including phenoxy) is 1. The molecule has 0 aromatic rings. The zero-order valence-corrected chi connectivity index (χ0v) is 19.4. The lowest BCUT2D eigenvalue weighted by molar-refractivity contribution is -0.159. The van der Waals surface area contributed by atoms with Crippen molar-refractivity contribution in [2.45, 2.75) is 97.1 Å². The largest absolute Gasteiger partial charge is 0.481 e. The molecule has 5 heteroatoms. The van der Waals surface area contributed by atoms with Gasteiger partial charge in [-0.2, -0.15) is 0 Å². The lowest BCUT2D eigenvalue weighted by atomic mass is 9.46. The van der Waals surface area contributed by atoms with Crippen LogP contribution in [-0.2, 0) is 14.3 Å². The lowest BCUT2D eigenvalue weighted by Crippen LogP contribution is -2.60. The summed E-state index contributed by atoms with van der Waals surface area (Å²) in [5.41, 5.74) is 0.710. The van der Waals surface area contributed by atoms with E-state index in [0.29, 0.717) is 11.3 Å². The van der Waals surface area contributed by atoms with E-state index in [0.717, 1.165) is 30.2 Å². The molecule has 1 N–H and O–H groups in total. The van der Waals surface area contributed by atoms with Gasteiger partial charge in [0.25, 0.3) is 0 Å². The third-order valence-corrected chi connectivity index (χ3v) is 10.1. The minimum atomic E-state index is -0.941. The Hall–Kier alpha value is -1.10. The van der Waals surface area contributed by atoms with Crippen LogP contribution in [0.4, 0.5) is 0 Å². The van der Waals surface area contributed by atoms with E-state index in [9.17, 15) is 9.59 Å². The normalized spacial score (nSPS) is 44.5. The average Bonchev–Trinajstić information content (AvgIpc) is 3.03. The highest BCUT2D eigenvalue weighted by Gasteiger charge is 2.61. The predicted molar refractivity (Wildman–Crippen MR) is 116 cm³/mol. The molecule has 3 aliphatic carbocycles. The number of nitrogens with zero attached hydrogens (tertiary/aromatic N) is 1. The minimum Gasteiger partial charge on any atom is -0.481 e. The first-order chi connectivity index (χ1) is 14.2. The molecule has 4 fully saturated rings. The van der Waals surface area contributed by atoms with Crippen molar-refractivity contribution < 1.29 is 19.4 Å². The lowest BCUT2D eigenvalue weighted by Gasteiger charge is -2.62. The zero-order valence-electron chi connectivity index (χ0n) is 19.4. The molecule has 3 saturated carbocycles. The fraction of sp³-hybridized carbons (Fsp3) is 0.920. The summed E-state index contributed by atoms with van der Waals surface area (Å²) in [6, 6.07) is 0.753. The number of fused-ring (bicyclic) bond motifs is 5. The van der Waals surface area contributed by atoms with E-state index in [1.807, 2.05) is 6.92 Å². The Bertz CT molecular complexity index is 680. The summed E-state index contributed by atoms with van der Waals surface area (Å²) in [6.07, 6.45) is 10.1. The van der Waals surface area contributed by atoms with Gasteiger partial charge in [-0.25, -0.2) is 0 Å². The van der Waals surface area contributed by atoms with Gasteiger partial charge in [-0.3, -0.25) is 9.59 Å². The Morgan fingerprint density at radius 3 is 2.50 bits per heavy atom. The maximum Gasteiger partial charge on any atom is 0.306 e. The van der Waals surface area contributed by atoms with Crippen LogP contribution >= 0.6 is 0 Å².